The van der Waals surface area contributed by atoms with E-state index in [1.165, 1.54) is 46.8 Å². The lowest BCUT2D eigenvalue weighted by atomic mass is 10.2. The molecule has 1 atom stereocenters. The Labute approximate surface area is 184 Å². The summed E-state index contributed by atoms with van der Waals surface area (Å²) in [5.41, 5.74) is 4.58. The number of hydrazine groups is 1. The Balaban J connectivity index is 1.58. The Kier molecular flexibility index (Phi) is 7.42. The molecule has 1 aromatic carbocycles. The Bertz CT molecular complexity index is 1050. The second kappa shape index (κ2) is 10.0. The van der Waals surface area contributed by atoms with Gasteiger partial charge in [-0.3, -0.25) is 25.2 Å². The molecule has 0 radical (unpaired) electrons. The predicted octanol–water partition coefficient (Wildman–Crippen LogP) is 1.50. The van der Waals surface area contributed by atoms with E-state index in [4.69, 9.17) is 0 Å². The van der Waals surface area contributed by atoms with E-state index < -0.39 is 27.9 Å². The maximum atomic E-state index is 12.8. The van der Waals surface area contributed by atoms with Gasteiger partial charge in [-0.05, 0) is 49.4 Å². The minimum absolute atomic E-state index is 0.0324. The SMILES string of the molecule is CC(NC(=O)c1cccs1)C(=O)NNC(=O)c1cccc(S(=O)(=O)N2CCCCC2)c1. The van der Waals surface area contributed by atoms with E-state index in [0.29, 0.717) is 18.0 Å². The summed E-state index contributed by atoms with van der Waals surface area (Å²) in [6.07, 6.45) is 2.62. The van der Waals surface area contributed by atoms with Crippen molar-refractivity contribution in [3.63, 3.8) is 0 Å². The number of carbonyl (C=O) groups is 3. The van der Waals surface area contributed by atoms with Gasteiger partial charge in [-0.15, -0.1) is 11.3 Å². The van der Waals surface area contributed by atoms with Crippen LogP contribution < -0.4 is 16.2 Å². The number of nitrogens with one attached hydrogen (secondary N) is 3. The molecule has 0 spiro atoms. The fraction of sp³-hybridized carbons (Fsp3) is 0.350. The Hall–Kier alpha value is -2.76. The highest BCUT2D eigenvalue weighted by Crippen LogP contribution is 2.21. The molecular formula is C20H24N4O5S2. The third-order valence-electron chi connectivity index (χ3n) is 4.83. The van der Waals surface area contributed by atoms with Gasteiger partial charge in [0.1, 0.15) is 6.04 Å². The lowest BCUT2D eigenvalue weighted by molar-refractivity contribution is -0.123. The molecule has 3 N–H and O–H groups in total. The van der Waals surface area contributed by atoms with Crippen LogP contribution in [0.4, 0.5) is 0 Å². The van der Waals surface area contributed by atoms with Crippen molar-refractivity contribution in [2.75, 3.05) is 13.1 Å². The van der Waals surface area contributed by atoms with E-state index in [9.17, 15) is 22.8 Å². The average molecular weight is 465 g/mol. The average Bonchev–Trinajstić information content (AvgIpc) is 3.33. The first-order valence-electron chi connectivity index (χ1n) is 9.84. The van der Waals surface area contributed by atoms with E-state index in [1.807, 2.05) is 0 Å². The summed E-state index contributed by atoms with van der Waals surface area (Å²) < 4.78 is 27.0. The zero-order valence-electron chi connectivity index (χ0n) is 17.0. The van der Waals surface area contributed by atoms with Gasteiger partial charge in [0, 0.05) is 18.7 Å². The molecule has 166 valence electrons. The minimum atomic E-state index is -3.68. The van der Waals surface area contributed by atoms with Crippen LogP contribution in [0.1, 0.15) is 46.2 Å². The summed E-state index contributed by atoms with van der Waals surface area (Å²) in [4.78, 5) is 37.1. The molecule has 1 aliphatic rings. The number of hydrogen-bond acceptors (Lipinski definition) is 6. The molecule has 11 heteroatoms. The van der Waals surface area contributed by atoms with Gasteiger partial charge in [-0.1, -0.05) is 18.6 Å². The van der Waals surface area contributed by atoms with E-state index >= 15 is 0 Å². The molecule has 3 amide bonds. The lowest BCUT2D eigenvalue weighted by Gasteiger charge is -2.26. The molecule has 1 saturated heterocycles. The molecule has 2 aromatic rings. The number of hydrogen-bond donors (Lipinski definition) is 3. The van der Waals surface area contributed by atoms with Gasteiger partial charge in [-0.25, -0.2) is 8.42 Å². The van der Waals surface area contributed by atoms with Crippen molar-refractivity contribution >= 4 is 39.1 Å². The first-order chi connectivity index (χ1) is 14.8. The molecule has 0 aliphatic carbocycles. The van der Waals surface area contributed by atoms with Gasteiger partial charge in [0.2, 0.25) is 10.0 Å². The van der Waals surface area contributed by atoms with Crippen LogP contribution >= 0.6 is 11.3 Å². The molecular weight excluding hydrogens is 440 g/mol. The highest BCUT2D eigenvalue weighted by atomic mass is 32.2. The van der Waals surface area contributed by atoms with Crippen molar-refractivity contribution in [3.8, 4) is 0 Å². The Morgan fingerprint density at radius 2 is 1.74 bits per heavy atom. The number of benzene rings is 1. The second-order valence-corrected chi connectivity index (χ2v) is 9.99. The van der Waals surface area contributed by atoms with Gasteiger partial charge >= 0.3 is 0 Å². The van der Waals surface area contributed by atoms with Crippen molar-refractivity contribution in [3.05, 3.63) is 52.2 Å². The number of amides is 3. The van der Waals surface area contributed by atoms with E-state index in [1.54, 1.807) is 17.5 Å². The zero-order valence-corrected chi connectivity index (χ0v) is 18.6. The standard InChI is InChI=1S/C20H24N4O5S2/c1-14(21-20(27)17-9-6-12-30-17)18(25)22-23-19(26)15-7-5-8-16(13-15)31(28,29)24-10-3-2-4-11-24/h5-9,12-14H,2-4,10-11H2,1H3,(H,21,27)(H,22,25)(H,23,26). The molecule has 9 nitrogen and oxygen atoms in total. The van der Waals surface area contributed by atoms with Crippen LogP contribution in [0.15, 0.2) is 46.7 Å². The monoisotopic (exact) mass is 464 g/mol. The molecule has 0 bridgehead atoms. The van der Waals surface area contributed by atoms with Crippen LogP contribution in [0.25, 0.3) is 0 Å². The summed E-state index contributed by atoms with van der Waals surface area (Å²) in [6, 6.07) is 8.15. The van der Waals surface area contributed by atoms with Crippen LogP contribution in [0.5, 0.6) is 0 Å². The van der Waals surface area contributed by atoms with Crippen LogP contribution in [-0.4, -0.2) is 49.6 Å². The quantitative estimate of drug-likeness (QED) is 0.559. The van der Waals surface area contributed by atoms with Crippen molar-refractivity contribution in [2.24, 2.45) is 0 Å². The van der Waals surface area contributed by atoms with E-state index in [-0.39, 0.29) is 16.4 Å². The number of sulfonamides is 1. The van der Waals surface area contributed by atoms with Crippen LogP contribution in [0.3, 0.4) is 0 Å². The Morgan fingerprint density at radius 3 is 2.42 bits per heavy atom. The predicted molar refractivity (Wildman–Crippen MR) is 116 cm³/mol. The van der Waals surface area contributed by atoms with Gasteiger partial charge in [0.15, 0.2) is 0 Å². The molecule has 1 aliphatic heterocycles. The lowest BCUT2D eigenvalue weighted by Crippen LogP contribution is -2.51. The molecule has 1 unspecified atom stereocenters. The molecule has 2 heterocycles. The fourth-order valence-corrected chi connectivity index (χ4v) is 5.28. The largest absolute Gasteiger partial charge is 0.340 e. The van der Waals surface area contributed by atoms with Crippen molar-refractivity contribution in [1.29, 1.82) is 0 Å². The third-order valence-corrected chi connectivity index (χ3v) is 7.60. The summed E-state index contributed by atoms with van der Waals surface area (Å²) in [7, 11) is -3.68. The molecule has 0 saturated carbocycles. The number of thiophene rings is 1. The van der Waals surface area contributed by atoms with Gasteiger partial charge in [-0.2, -0.15) is 4.31 Å². The second-order valence-electron chi connectivity index (χ2n) is 7.11. The van der Waals surface area contributed by atoms with E-state index in [2.05, 4.69) is 16.2 Å². The first kappa shape index (κ1) is 22.9. The summed E-state index contributed by atoms with van der Waals surface area (Å²) in [6.45, 7) is 2.41. The van der Waals surface area contributed by atoms with Crippen LogP contribution in [-0.2, 0) is 14.8 Å². The van der Waals surface area contributed by atoms with Gasteiger partial charge < -0.3 is 5.32 Å². The van der Waals surface area contributed by atoms with Crippen LogP contribution in [0.2, 0.25) is 0 Å². The van der Waals surface area contributed by atoms with Crippen molar-refractivity contribution in [1.82, 2.24) is 20.5 Å². The van der Waals surface area contributed by atoms with Gasteiger partial charge in [0.05, 0.1) is 9.77 Å². The molecule has 3 rings (SSSR count). The van der Waals surface area contributed by atoms with Crippen molar-refractivity contribution < 1.29 is 22.8 Å². The highest BCUT2D eigenvalue weighted by Gasteiger charge is 2.26. The minimum Gasteiger partial charge on any atom is -0.340 e. The van der Waals surface area contributed by atoms with E-state index in [0.717, 1.165) is 19.3 Å². The number of carbonyl (C=O) groups excluding carboxylic acids is 3. The highest BCUT2D eigenvalue weighted by molar-refractivity contribution is 7.89. The van der Waals surface area contributed by atoms with Crippen LogP contribution in [0, 0.1) is 0 Å². The summed E-state index contributed by atoms with van der Waals surface area (Å²) >= 11 is 1.25. The topological polar surface area (TPSA) is 125 Å². The smallest absolute Gasteiger partial charge is 0.269 e. The van der Waals surface area contributed by atoms with Crippen molar-refractivity contribution in [2.45, 2.75) is 37.1 Å². The molecule has 1 aromatic heterocycles. The number of rotatable bonds is 6. The summed E-state index contributed by atoms with van der Waals surface area (Å²) in [5.74, 6) is -1.67. The fourth-order valence-electron chi connectivity index (χ4n) is 3.09. The Morgan fingerprint density at radius 1 is 1.00 bits per heavy atom. The third kappa shape index (κ3) is 5.69. The molecule has 31 heavy (non-hydrogen) atoms. The number of piperidine rings is 1. The molecule has 1 fully saturated rings. The zero-order chi connectivity index (χ0) is 22.4. The van der Waals surface area contributed by atoms with Gasteiger partial charge in [0.25, 0.3) is 17.7 Å². The normalized spacial score (nSPS) is 15.6. The number of nitrogens with zero attached hydrogens (tertiary/aromatic N) is 1. The first-order valence-corrected chi connectivity index (χ1v) is 12.2. The maximum Gasteiger partial charge on any atom is 0.269 e. The summed E-state index contributed by atoms with van der Waals surface area (Å²) in [5, 5.41) is 4.28. The maximum absolute atomic E-state index is 12.8.